The first-order valence-electron chi connectivity index (χ1n) is 4.76. The summed E-state index contributed by atoms with van der Waals surface area (Å²) in [5, 5.41) is 0.795. The zero-order valence-electron chi connectivity index (χ0n) is 8.47. The van der Waals surface area contributed by atoms with Crippen molar-refractivity contribution in [2.45, 2.75) is 19.7 Å². The fraction of sp³-hybridized carbons (Fsp3) is 0.273. The third-order valence-corrected chi connectivity index (χ3v) is 3.38. The predicted octanol–water partition coefficient (Wildman–Crippen LogP) is 4.36. The number of hydrogen-bond donors (Lipinski definition) is 0. The highest BCUT2D eigenvalue weighted by Crippen LogP contribution is 2.31. The van der Waals surface area contributed by atoms with E-state index >= 15 is 0 Å². The van der Waals surface area contributed by atoms with Gasteiger partial charge < -0.3 is 4.74 Å². The summed E-state index contributed by atoms with van der Waals surface area (Å²) >= 11 is 1.59. The van der Waals surface area contributed by atoms with Gasteiger partial charge >= 0.3 is 6.36 Å². The minimum atomic E-state index is -4.63. The van der Waals surface area contributed by atoms with Crippen molar-refractivity contribution in [3.63, 3.8) is 0 Å². The zero-order chi connectivity index (χ0) is 11.8. The summed E-state index contributed by atoms with van der Waals surface area (Å²) in [4.78, 5) is 1.15. The Morgan fingerprint density at radius 2 is 2.00 bits per heavy atom. The highest BCUT2D eigenvalue weighted by Gasteiger charge is 2.31. The smallest absolute Gasteiger partial charge is 0.406 e. The number of fused-ring (bicyclic) bond motifs is 1. The van der Waals surface area contributed by atoms with Crippen molar-refractivity contribution < 1.29 is 17.9 Å². The van der Waals surface area contributed by atoms with Gasteiger partial charge in [0.15, 0.2) is 0 Å². The van der Waals surface area contributed by atoms with Crippen molar-refractivity contribution in [3.05, 3.63) is 29.1 Å². The molecule has 0 aliphatic heterocycles. The molecule has 1 aromatic heterocycles. The standard InChI is InChI=1S/C11H9F3OS/c1-2-9-6-7-5-8(15-11(12,13)14)3-4-10(7)16-9/h3-6H,2H2,1H3. The maximum absolute atomic E-state index is 12.0. The Bertz CT molecular complexity index is 501. The van der Waals surface area contributed by atoms with E-state index in [-0.39, 0.29) is 5.75 Å². The van der Waals surface area contributed by atoms with Crippen LogP contribution in [-0.4, -0.2) is 6.36 Å². The normalized spacial score (nSPS) is 12.0. The quantitative estimate of drug-likeness (QED) is 0.764. The molecule has 1 aromatic carbocycles. The van der Waals surface area contributed by atoms with E-state index in [4.69, 9.17) is 0 Å². The summed E-state index contributed by atoms with van der Waals surface area (Å²) in [6, 6.07) is 6.30. The molecule has 2 aromatic rings. The molecule has 16 heavy (non-hydrogen) atoms. The van der Waals surface area contributed by atoms with Gasteiger partial charge in [-0.3, -0.25) is 0 Å². The second-order valence-electron chi connectivity index (χ2n) is 3.31. The largest absolute Gasteiger partial charge is 0.573 e. The van der Waals surface area contributed by atoms with Crippen molar-refractivity contribution in [1.29, 1.82) is 0 Å². The molecular formula is C11H9F3OS. The van der Waals surface area contributed by atoms with Gasteiger partial charge in [0.05, 0.1) is 0 Å². The molecule has 5 heteroatoms. The molecule has 0 unspecified atom stereocenters. The Labute approximate surface area is 94.5 Å². The lowest BCUT2D eigenvalue weighted by atomic mass is 10.2. The Morgan fingerprint density at radius 3 is 2.62 bits per heavy atom. The SMILES string of the molecule is CCc1cc2cc(OC(F)(F)F)ccc2s1. The first-order chi connectivity index (χ1) is 7.48. The number of halogens is 3. The zero-order valence-corrected chi connectivity index (χ0v) is 9.28. The van der Waals surface area contributed by atoms with Crippen LogP contribution in [0.4, 0.5) is 13.2 Å². The Kier molecular flexibility index (Phi) is 2.80. The molecule has 2 rings (SSSR count). The maximum Gasteiger partial charge on any atom is 0.573 e. The lowest BCUT2D eigenvalue weighted by Crippen LogP contribution is -2.16. The molecule has 0 saturated carbocycles. The highest BCUT2D eigenvalue weighted by atomic mass is 32.1. The molecular weight excluding hydrogens is 237 g/mol. The van der Waals surface area contributed by atoms with Gasteiger partial charge in [0.25, 0.3) is 0 Å². The number of alkyl halides is 3. The summed E-state index contributed by atoms with van der Waals surface area (Å²) in [6.07, 6.45) is -3.74. The van der Waals surface area contributed by atoms with Crippen molar-refractivity contribution in [1.82, 2.24) is 0 Å². The molecule has 0 aliphatic rings. The molecule has 0 bridgehead atoms. The van der Waals surface area contributed by atoms with Crippen molar-refractivity contribution >= 4 is 21.4 Å². The number of benzene rings is 1. The van der Waals surface area contributed by atoms with Crippen molar-refractivity contribution in [3.8, 4) is 5.75 Å². The van der Waals surface area contributed by atoms with Crippen LogP contribution >= 0.6 is 11.3 Å². The molecule has 0 radical (unpaired) electrons. The summed E-state index contributed by atoms with van der Waals surface area (Å²) in [5.41, 5.74) is 0. The average molecular weight is 246 g/mol. The number of rotatable bonds is 2. The summed E-state index contributed by atoms with van der Waals surface area (Å²) < 4.78 is 40.8. The molecule has 0 amide bonds. The van der Waals surface area contributed by atoms with E-state index in [9.17, 15) is 13.2 Å². The third kappa shape index (κ3) is 2.47. The van der Waals surface area contributed by atoms with E-state index in [0.717, 1.165) is 21.4 Å². The molecule has 0 spiro atoms. The van der Waals surface area contributed by atoms with Crippen LogP contribution in [-0.2, 0) is 6.42 Å². The highest BCUT2D eigenvalue weighted by molar-refractivity contribution is 7.19. The molecule has 0 atom stereocenters. The molecule has 0 fully saturated rings. The van der Waals surface area contributed by atoms with E-state index in [1.54, 1.807) is 17.4 Å². The maximum atomic E-state index is 12.0. The number of aryl methyl sites for hydroxylation is 1. The summed E-state index contributed by atoms with van der Waals surface area (Å²) in [5.74, 6) is -0.166. The average Bonchev–Trinajstić information content (AvgIpc) is 2.57. The topological polar surface area (TPSA) is 9.23 Å². The lowest BCUT2D eigenvalue weighted by Gasteiger charge is -2.08. The van der Waals surface area contributed by atoms with Crippen LogP contribution in [0.5, 0.6) is 5.75 Å². The van der Waals surface area contributed by atoms with Gasteiger partial charge in [0.2, 0.25) is 0 Å². The first-order valence-corrected chi connectivity index (χ1v) is 5.58. The van der Waals surface area contributed by atoms with Crippen LogP contribution in [0.1, 0.15) is 11.8 Å². The number of thiophene rings is 1. The number of hydrogen-bond acceptors (Lipinski definition) is 2. The Balaban J connectivity index is 2.36. The second kappa shape index (κ2) is 3.97. The van der Waals surface area contributed by atoms with Crippen LogP contribution in [0, 0.1) is 0 Å². The molecule has 0 aliphatic carbocycles. The predicted molar refractivity (Wildman–Crippen MR) is 57.9 cm³/mol. The molecule has 1 heterocycles. The van der Waals surface area contributed by atoms with Gasteiger partial charge in [-0.2, -0.15) is 0 Å². The van der Waals surface area contributed by atoms with Crippen LogP contribution in [0.15, 0.2) is 24.3 Å². The van der Waals surface area contributed by atoms with E-state index in [0.29, 0.717) is 0 Å². The van der Waals surface area contributed by atoms with Gasteiger partial charge in [-0.25, -0.2) is 0 Å². The summed E-state index contributed by atoms with van der Waals surface area (Å²) in [6.45, 7) is 2.01. The first kappa shape index (κ1) is 11.3. The minimum absolute atomic E-state index is 0.166. The van der Waals surface area contributed by atoms with E-state index < -0.39 is 6.36 Å². The van der Waals surface area contributed by atoms with Gasteiger partial charge in [0, 0.05) is 9.58 Å². The fourth-order valence-electron chi connectivity index (χ4n) is 1.45. The second-order valence-corrected chi connectivity index (χ2v) is 4.48. The van der Waals surface area contributed by atoms with Crippen LogP contribution < -0.4 is 4.74 Å². The van der Waals surface area contributed by atoms with Crippen molar-refractivity contribution in [2.75, 3.05) is 0 Å². The lowest BCUT2D eigenvalue weighted by molar-refractivity contribution is -0.274. The van der Waals surface area contributed by atoms with E-state index in [2.05, 4.69) is 4.74 Å². The molecule has 0 saturated heterocycles. The molecule has 1 nitrogen and oxygen atoms in total. The Hall–Kier alpha value is -1.23. The van der Waals surface area contributed by atoms with Crippen LogP contribution in [0.25, 0.3) is 10.1 Å². The summed E-state index contributed by atoms with van der Waals surface area (Å²) in [7, 11) is 0. The molecule has 0 N–H and O–H groups in total. The van der Waals surface area contributed by atoms with Crippen LogP contribution in [0.3, 0.4) is 0 Å². The Morgan fingerprint density at radius 1 is 1.25 bits per heavy atom. The third-order valence-electron chi connectivity index (χ3n) is 2.12. The van der Waals surface area contributed by atoms with Gasteiger partial charge in [0.1, 0.15) is 5.75 Å². The van der Waals surface area contributed by atoms with Gasteiger partial charge in [-0.1, -0.05) is 6.92 Å². The molecule has 86 valence electrons. The fourth-order valence-corrected chi connectivity index (χ4v) is 2.43. The minimum Gasteiger partial charge on any atom is -0.406 e. The van der Waals surface area contributed by atoms with Gasteiger partial charge in [-0.15, -0.1) is 24.5 Å². The van der Waals surface area contributed by atoms with Crippen molar-refractivity contribution in [2.24, 2.45) is 0 Å². The number of ether oxygens (including phenoxy) is 1. The van der Waals surface area contributed by atoms with E-state index in [1.165, 1.54) is 12.1 Å². The van der Waals surface area contributed by atoms with E-state index in [1.807, 2.05) is 13.0 Å². The van der Waals surface area contributed by atoms with Gasteiger partial charge in [-0.05, 0) is 36.1 Å². The van der Waals surface area contributed by atoms with Crippen LogP contribution in [0.2, 0.25) is 0 Å². The monoisotopic (exact) mass is 246 g/mol.